The predicted molar refractivity (Wildman–Crippen MR) is 153 cm³/mol. The second-order valence-corrected chi connectivity index (χ2v) is 13.0. The number of piperidine rings is 1. The molecule has 2 aromatic carbocycles. The Morgan fingerprint density at radius 3 is 2.64 bits per heavy atom. The molecule has 1 saturated heterocycles. The maximum absolute atomic E-state index is 13.5. The molecule has 2 aromatic heterocycles. The number of hydrogen-bond donors (Lipinski definition) is 1. The smallest absolute Gasteiger partial charge is 0.242 e. The van der Waals surface area contributed by atoms with Gasteiger partial charge < -0.3 is 9.80 Å². The Morgan fingerprint density at radius 2 is 1.87 bits per heavy atom. The van der Waals surface area contributed by atoms with Gasteiger partial charge in [-0.1, -0.05) is 6.07 Å². The third-order valence-electron chi connectivity index (χ3n) is 8.27. The number of benzene rings is 2. The summed E-state index contributed by atoms with van der Waals surface area (Å²) in [5, 5.41) is 8.13. The van der Waals surface area contributed by atoms with E-state index in [-0.39, 0.29) is 0 Å². The third-order valence-corrected chi connectivity index (χ3v) is 10.1. The molecule has 39 heavy (non-hydrogen) atoms. The van der Waals surface area contributed by atoms with Crippen molar-refractivity contribution in [1.29, 1.82) is 0 Å². The van der Waals surface area contributed by atoms with Gasteiger partial charge in [0.1, 0.15) is 12.1 Å². The van der Waals surface area contributed by atoms with Gasteiger partial charge in [0.25, 0.3) is 0 Å². The summed E-state index contributed by atoms with van der Waals surface area (Å²) < 4.78 is 28.6. The van der Waals surface area contributed by atoms with Gasteiger partial charge in [0.05, 0.1) is 16.1 Å². The number of nitrogens with one attached hydrogen (secondary N) is 1. The van der Waals surface area contributed by atoms with Crippen LogP contribution in [0.15, 0.2) is 53.8 Å². The van der Waals surface area contributed by atoms with Crippen molar-refractivity contribution >= 4 is 26.7 Å². The Hall–Kier alpha value is -3.34. The lowest BCUT2D eigenvalue weighted by atomic mass is 9.97. The van der Waals surface area contributed by atoms with Gasteiger partial charge in [-0.25, -0.2) is 22.7 Å². The van der Waals surface area contributed by atoms with Crippen LogP contribution in [0.2, 0.25) is 0 Å². The molecule has 2 aliphatic heterocycles. The molecule has 0 radical (unpaired) electrons. The molecule has 0 saturated carbocycles. The lowest BCUT2D eigenvalue weighted by molar-refractivity contribution is 0.202. The molecule has 9 nitrogen and oxygen atoms in total. The van der Waals surface area contributed by atoms with Crippen molar-refractivity contribution in [1.82, 2.24) is 29.4 Å². The fraction of sp³-hybridized carbons (Fsp3) is 0.414. The molecule has 4 heterocycles. The van der Waals surface area contributed by atoms with Crippen molar-refractivity contribution in [2.24, 2.45) is 5.92 Å². The largest absolute Gasteiger partial charge is 0.351 e. The average Bonchev–Trinajstić information content (AvgIpc) is 3.49. The molecule has 0 unspecified atom stereocenters. The van der Waals surface area contributed by atoms with Crippen LogP contribution in [0.3, 0.4) is 0 Å². The molecule has 1 N–H and O–H groups in total. The normalized spacial score (nSPS) is 17.2. The highest BCUT2D eigenvalue weighted by Gasteiger charge is 2.28. The Kier molecular flexibility index (Phi) is 6.86. The van der Waals surface area contributed by atoms with Crippen LogP contribution >= 0.6 is 0 Å². The molecule has 6 rings (SSSR count). The fourth-order valence-corrected chi connectivity index (χ4v) is 7.22. The molecule has 2 aliphatic rings. The molecule has 0 atom stereocenters. The number of aromatic nitrogens is 4. The number of rotatable bonds is 6. The van der Waals surface area contributed by atoms with Crippen molar-refractivity contribution in [2.45, 2.75) is 37.6 Å². The van der Waals surface area contributed by atoms with Crippen LogP contribution < -0.4 is 4.90 Å². The van der Waals surface area contributed by atoms with Gasteiger partial charge in [0, 0.05) is 43.8 Å². The summed E-state index contributed by atoms with van der Waals surface area (Å²) in [5.74, 6) is 1.26. The van der Waals surface area contributed by atoms with Gasteiger partial charge in [-0.15, -0.1) is 0 Å². The van der Waals surface area contributed by atoms with E-state index in [1.54, 1.807) is 29.9 Å². The highest BCUT2D eigenvalue weighted by atomic mass is 32.2. The van der Waals surface area contributed by atoms with Crippen LogP contribution in [-0.4, -0.2) is 78.1 Å². The highest BCUT2D eigenvalue weighted by molar-refractivity contribution is 7.89. The number of likely N-dealkylation sites (tertiary alicyclic amines) is 1. The van der Waals surface area contributed by atoms with Gasteiger partial charge in [-0.3, -0.25) is 5.10 Å². The molecule has 0 spiro atoms. The van der Waals surface area contributed by atoms with Crippen LogP contribution in [0.25, 0.3) is 22.2 Å². The van der Waals surface area contributed by atoms with Gasteiger partial charge in [0.15, 0.2) is 0 Å². The fourth-order valence-electron chi connectivity index (χ4n) is 5.92. The number of sulfonamides is 1. The lowest BCUT2D eigenvalue weighted by Gasteiger charge is -2.32. The summed E-state index contributed by atoms with van der Waals surface area (Å²) in [6, 6.07) is 11.8. The molecular weight excluding hydrogens is 510 g/mol. The first-order valence-electron chi connectivity index (χ1n) is 13.6. The Balaban J connectivity index is 1.28. The summed E-state index contributed by atoms with van der Waals surface area (Å²) in [6.07, 6.45) is 6.25. The second-order valence-electron chi connectivity index (χ2n) is 11.0. The quantitative estimate of drug-likeness (QED) is 0.393. The van der Waals surface area contributed by atoms with Gasteiger partial charge >= 0.3 is 0 Å². The number of aryl methyl sites for hydroxylation is 1. The molecule has 0 aliphatic carbocycles. The first-order valence-corrected chi connectivity index (χ1v) is 15.0. The topological polar surface area (TPSA) is 98.3 Å². The summed E-state index contributed by atoms with van der Waals surface area (Å²) in [7, 11) is 0.264. The number of nitrogens with zero attached hydrogens (tertiary/aromatic N) is 6. The summed E-state index contributed by atoms with van der Waals surface area (Å²) in [6.45, 7) is 6.06. The van der Waals surface area contributed by atoms with E-state index in [0.717, 1.165) is 78.0 Å². The van der Waals surface area contributed by atoms with E-state index in [1.807, 2.05) is 18.2 Å². The second kappa shape index (κ2) is 10.3. The monoisotopic (exact) mass is 545 g/mol. The minimum absolute atomic E-state index is 0.364. The number of fused-ring (bicyclic) bond motifs is 2. The van der Waals surface area contributed by atoms with Crippen LogP contribution in [0, 0.1) is 12.8 Å². The zero-order chi connectivity index (χ0) is 27.1. The van der Waals surface area contributed by atoms with Crippen LogP contribution in [-0.2, 0) is 23.0 Å². The lowest BCUT2D eigenvalue weighted by Crippen LogP contribution is -2.38. The van der Waals surface area contributed by atoms with Crippen LogP contribution in [0.4, 0.5) is 5.82 Å². The Labute approximate surface area is 229 Å². The molecule has 1 fully saturated rings. The molecular formula is C29H35N7O2S. The van der Waals surface area contributed by atoms with Crippen molar-refractivity contribution in [3.63, 3.8) is 0 Å². The number of anilines is 1. The zero-order valence-electron chi connectivity index (χ0n) is 22.8. The van der Waals surface area contributed by atoms with E-state index in [9.17, 15) is 8.42 Å². The minimum Gasteiger partial charge on any atom is -0.351 e. The molecule has 10 heteroatoms. The molecule has 204 valence electrons. The average molecular weight is 546 g/mol. The summed E-state index contributed by atoms with van der Waals surface area (Å²) in [4.78, 5) is 14.2. The Morgan fingerprint density at radius 1 is 1.05 bits per heavy atom. The maximum atomic E-state index is 13.5. The van der Waals surface area contributed by atoms with Crippen molar-refractivity contribution < 1.29 is 8.42 Å². The van der Waals surface area contributed by atoms with E-state index in [0.29, 0.717) is 23.9 Å². The maximum Gasteiger partial charge on any atom is 0.242 e. The first-order chi connectivity index (χ1) is 18.8. The van der Waals surface area contributed by atoms with Crippen molar-refractivity contribution in [3.8, 4) is 11.3 Å². The van der Waals surface area contributed by atoms with Gasteiger partial charge in [-0.2, -0.15) is 5.10 Å². The van der Waals surface area contributed by atoms with Crippen molar-refractivity contribution in [3.05, 3.63) is 65.6 Å². The first kappa shape index (κ1) is 25.9. The van der Waals surface area contributed by atoms with Crippen LogP contribution in [0.1, 0.15) is 29.5 Å². The van der Waals surface area contributed by atoms with Crippen molar-refractivity contribution in [2.75, 3.05) is 45.2 Å². The predicted octanol–water partition coefficient (Wildman–Crippen LogP) is 3.85. The van der Waals surface area contributed by atoms with Gasteiger partial charge in [0.2, 0.25) is 10.0 Å². The van der Waals surface area contributed by atoms with E-state index in [1.165, 1.54) is 5.56 Å². The standard InChI is InChI=1S/C29H35N7O2S/c1-20-14-23(27-6-10-32-33-27)16-26-28(20)30-19-31-29(26)36-13-9-22-4-5-25(15-24(22)18-36)39(37,38)35(3)17-21-7-11-34(2)12-8-21/h4-6,10,14-16,19,21H,7-9,11-13,17-18H2,1-3H3,(H,32,33). The number of aromatic amines is 1. The zero-order valence-corrected chi connectivity index (χ0v) is 23.6. The SMILES string of the molecule is Cc1cc(-c2ccn[nH]2)cc2c(N3CCc4ccc(S(=O)(=O)N(C)CC5CCN(C)CC5)cc4C3)ncnc12. The Bertz CT molecular complexity index is 1600. The van der Waals surface area contributed by atoms with Crippen LogP contribution in [0.5, 0.6) is 0 Å². The third kappa shape index (κ3) is 5.04. The molecule has 0 bridgehead atoms. The summed E-state index contributed by atoms with van der Waals surface area (Å²) in [5.41, 5.74) is 6.18. The minimum atomic E-state index is -3.57. The van der Waals surface area contributed by atoms with E-state index >= 15 is 0 Å². The number of hydrogen-bond acceptors (Lipinski definition) is 7. The van der Waals surface area contributed by atoms with E-state index in [2.05, 4.69) is 51.1 Å². The highest BCUT2D eigenvalue weighted by Crippen LogP contribution is 2.33. The molecule has 4 aromatic rings. The van der Waals surface area contributed by atoms with E-state index < -0.39 is 10.0 Å². The molecule has 0 amide bonds. The van der Waals surface area contributed by atoms with E-state index in [4.69, 9.17) is 4.98 Å². The summed E-state index contributed by atoms with van der Waals surface area (Å²) >= 11 is 0. The number of H-pyrrole nitrogens is 1. The van der Waals surface area contributed by atoms with Gasteiger partial charge in [-0.05, 0) is 99.3 Å².